The lowest BCUT2D eigenvalue weighted by molar-refractivity contribution is -0.144. The second-order valence-electron chi connectivity index (χ2n) is 9.15. The number of likely N-dealkylation sites (tertiary alicyclic amines) is 1. The second-order valence-corrected chi connectivity index (χ2v) is 9.99. The van der Waals surface area contributed by atoms with E-state index in [1.54, 1.807) is 17.0 Å². The molecule has 0 aromatic heterocycles. The maximum absolute atomic E-state index is 13.4. The molecule has 2 aliphatic heterocycles. The summed E-state index contributed by atoms with van der Waals surface area (Å²) in [6.45, 7) is 0. The molecule has 7 heteroatoms. The molecule has 0 unspecified atom stereocenters. The first-order chi connectivity index (χ1) is 14.1. The topological polar surface area (TPSA) is 59.0 Å². The number of amides is 2. The van der Waals surface area contributed by atoms with Crippen LogP contribution in [0.5, 0.6) is 0 Å². The van der Waals surface area contributed by atoms with E-state index in [1.807, 2.05) is 6.07 Å². The zero-order chi connectivity index (χ0) is 19.9. The highest BCUT2D eigenvalue weighted by atomic mass is 35.5. The summed E-state index contributed by atoms with van der Waals surface area (Å²) in [6.07, 6.45) is 6.01. The standard InChI is InChI=1S/C22H22Cl2N2O3/c23-10-6-7-12(15(24)8-10)19-18-13-9-14(20(18)29-25-19)17-16(13)21(27)26(22(17)28)11-4-2-1-3-5-11/h6-8,11,13-14,16-18,20H,1-5,9H2/t13-,14+,16+,17-,18+,20+/m1/s1. The summed E-state index contributed by atoms with van der Waals surface area (Å²) in [5, 5.41) is 5.47. The molecule has 5 aliphatic rings. The number of carbonyl (C=O) groups is 2. The van der Waals surface area contributed by atoms with Crippen molar-refractivity contribution in [2.75, 3.05) is 0 Å². The van der Waals surface area contributed by atoms with E-state index in [4.69, 9.17) is 28.0 Å². The Balaban J connectivity index is 1.33. The molecule has 3 saturated carbocycles. The smallest absolute Gasteiger partial charge is 0.233 e. The highest BCUT2D eigenvalue weighted by molar-refractivity contribution is 6.37. The molecule has 0 spiro atoms. The minimum Gasteiger partial charge on any atom is -0.391 e. The number of nitrogens with zero attached hydrogens (tertiary/aromatic N) is 2. The van der Waals surface area contributed by atoms with Crippen molar-refractivity contribution in [3.8, 4) is 0 Å². The van der Waals surface area contributed by atoms with Crippen LogP contribution in [0.3, 0.4) is 0 Å². The minimum atomic E-state index is -0.231. The van der Waals surface area contributed by atoms with Gasteiger partial charge in [-0.05, 0) is 37.3 Å². The summed E-state index contributed by atoms with van der Waals surface area (Å²) >= 11 is 12.5. The van der Waals surface area contributed by atoms with E-state index in [0.717, 1.165) is 43.4 Å². The average Bonchev–Trinajstić information content (AvgIpc) is 3.43. The van der Waals surface area contributed by atoms with Crippen LogP contribution in [0.4, 0.5) is 0 Å². The van der Waals surface area contributed by atoms with Gasteiger partial charge in [0, 0.05) is 28.5 Å². The molecule has 6 rings (SSSR count). The number of fused-ring (bicyclic) bond motifs is 8. The van der Waals surface area contributed by atoms with Crippen molar-refractivity contribution in [1.29, 1.82) is 0 Å². The minimum absolute atomic E-state index is 0.0166. The molecule has 6 atom stereocenters. The first kappa shape index (κ1) is 18.2. The van der Waals surface area contributed by atoms with Crippen molar-refractivity contribution in [3.05, 3.63) is 33.8 Å². The van der Waals surface area contributed by atoms with Gasteiger partial charge in [0.25, 0.3) is 0 Å². The monoisotopic (exact) mass is 432 g/mol. The number of imide groups is 1. The van der Waals surface area contributed by atoms with Crippen LogP contribution in [0.2, 0.25) is 10.0 Å². The van der Waals surface area contributed by atoms with Gasteiger partial charge < -0.3 is 4.84 Å². The van der Waals surface area contributed by atoms with E-state index in [0.29, 0.717) is 10.0 Å². The molecule has 2 bridgehead atoms. The third-order valence-corrected chi connectivity index (χ3v) is 8.42. The summed E-state index contributed by atoms with van der Waals surface area (Å²) in [5.74, 6) is -0.200. The van der Waals surface area contributed by atoms with Gasteiger partial charge in [0.05, 0.1) is 22.6 Å². The highest BCUT2D eigenvalue weighted by Crippen LogP contribution is 2.62. The van der Waals surface area contributed by atoms with E-state index >= 15 is 0 Å². The molecule has 0 N–H and O–H groups in total. The van der Waals surface area contributed by atoms with Crippen molar-refractivity contribution in [2.24, 2.45) is 34.7 Å². The fourth-order valence-corrected chi connectivity index (χ4v) is 7.27. The highest BCUT2D eigenvalue weighted by Gasteiger charge is 2.70. The molecule has 1 aromatic rings. The molecule has 0 radical (unpaired) electrons. The van der Waals surface area contributed by atoms with Gasteiger partial charge in [-0.2, -0.15) is 0 Å². The fourth-order valence-electron chi connectivity index (χ4n) is 6.77. The van der Waals surface area contributed by atoms with Gasteiger partial charge in [-0.1, -0.05) is 53.7 Å². The van der Waals surface area contributed by atoms with Crippen molar-refractivity contribution >= 4 is 40.7 Å². The van der Waals surface area contributed by atoms with Crippen LogP contribution in [0.1, 0.15) is 44.1 Å². The molecule has 3 aliphatic carbocycles. The van der Waals surface area contributed by atoms with Gasteiger partial charge in [-0.3, -0.25) is 14.5 Å². The van der Waals surface area contributed by atoms with E-state index in [-0.39, 0.29) is 53.5 Å². The Bertz CT molecular complexity index is 942. The summed E-state index contributed by atoms with van der Waals surface area (Å²) in [4.78, 5) is 34.2. The van der Waals surface area contributed by atoms with E-state index in [1.165, 1.54) is 6.42 Å². The van der Waals surface area contributed by atoms with E-state index < -0.39 is 0 Å². The molecular weight excluding hydrogens is 411 g/mol. The Morgan fingerprint density at radius 3 is 2.41 bits per heavy atom. The number of rotatable bonds is 2. The lowest BCUT2D eigenvalue weighted by atomic mass is 9.71. The molecule has 152 valence electrons. The summed E-state index contributed by atoms with van der Waals surface area (Å²) in [7, 11) is 0. The van der Waals surface area contributed by atoms with Crippen LogP contribution in [-0.2, 0) is 14.4 Å². The lowest BCUT2D eigenvalue weighted by Gasteiger charge is -2.30. The van der Waals surface area contributed by atoms with Crippen LogP contribution < -0.4 is 0 Å². The molecule has 1 aromatic carbocycles. The van der Waals surface area contributed by atoms with Gasteiger partial charge in [0.2, 0.25) is 11.8 Å². The lowest BCUT2D eigenvalue weighted by Crippen LogP contribution is -2.42. The van der Waals surface area contributed by atoms with Crippen molar-refractivity contribution in [2.45, 2.75) is 50.7 Å². The molecule has 29 heavy (non-hydrogen) atoms. The summed E-state index contributed by atoms with van der Waals surface area (Å²) in [6, 6.07) is 5.46. The van der Waals surface area contributed by atoms with Crippen LogP contribution >= 0.6 is 23.2 Å². The summed E-state index contributed by atoms with van der Waals surface area (Å²) < 4.78 is 0. The Kier molecular flexibility index (Phi) is 4.05. The van der Waals surface area contributed by atoms with Crippen molar-refractivity contribution in [3.63, 3.8) is 0 Å². The number of halogens is 2. The number of hydrogen-bond acceptors (Lipinski definition) is 4. The SMILES string of the molecule is O=C1[C@@H]2[C@@H]3C[C@@H]([C@H]4C(c5ccc(Cl)cc5Cl)=NO[C@@H]34)[C@@H]2C(=O)N1C1CCCCC1. The number of benzene rings is 1. The Labute approximate surface area is 179 Å². The number of carbonyl (C=O) groups excluding carboxylic acids is 2. The van der Waals surface area contributed by atoms with Crippen LogP contribution in [-0.4, -0.2) is 34.6 Å². The third-order valence-electron chi connectivity index (χ3n) is 7.87. The Morgan fingerprint density at radius 1 is 0.966 bits per heavy atom. The van der Waals surface area contributed by atoms with E-state index in [2.05, 4.69) is 5.16 Å². The predicted octanol–water partition coefficient (Wildman–Crippen LogP) is 4.30. The maximum atomic E-state index is 13.4. The van der Waals surface area contributed by atoms with Crippen LogP contribution in [0, 0.1) is 29.6 Å². The largest absolute Gasteiger partial charge is 0.391 e. The number of hydrogen-bond donors (Lipinski definition) is 0. The van der Waals surface area contributed by atoms with Crippen LogP contribution in [0.15, 0.2) is 23.4 Å². The zero-order valence-electron chi connectivity index (χ0n) is 15.9. The molecule has 1 saturated heterocycles. The molecule has 5 nitrogen and oxygen atoms in total. The molecule has 4 fully saturated rings. The molecule has 2 heterocycles. The zero-order valence-corrected chi connectivity index (χ0v) is 17.4. The molecule has 2 amide bonds. The normalized spacial score (nSPS) is 38.3. The fraction of sp³-hybridized carbons (Fsp3) is 0.591. The predicted molar refractivity (Wildman–Crippen MR) is 109 cm³/mol. The Morgan fingerprint density at radius 2 is 1.69 bits per heavy atom. The van der Waals surface area contributed by atoms with Gasteiger partial charge in [0.15, 0.2) is 0 Å². The van der Waals surface area contributed by atoms with Gasteiger partial charge in [-0.15, -0.1) is 0 Å². The quantitative estimate of drug-likeness (QED) is 0.654. The molecular formula is C22H22Cl2N2O3. The van der Waals surface area contributed by atoms with E-state index in [9.17, 15) is 9.59 Å². The first-order valence-corrected chi connectivity index (χ1v) is 11.4. The Hall–Kier alpha value is -1.59. The van der Waals surface area contributed by atoms with Crippen LogP contribution in [0.25, 0.3) is 0 Å². The van der Waals surface area contributed by atoms with Gasteiger partial charge in [0.1, 0.15) is 6.10 Å². The second kappa shape index (κ2) is 6.45. The van der Waals surface area contributed by atoms with Crippen molar-refractivity contribution in [1.82, 2.24) is 4.90 Å². The van der Waals surface area contributed by atoms with Gasteiger partial charge >= 0.3 is 0 Å². The third kappa shape index (κ3) is 2.43. The van der Waals surface area contributed by atoms with Crippen molar-refractivity contribution < 1.29 is 14.4 Å². The number of oxime groups is 1. The average molecular weight is 433 g/mol. The van der Waals surface area contributed by atoms with Gasteiger partial charge in [-0.25, -0.2) is 0 Å². The first-order valence-electron chi connectivity index (χ1n) is 10.6. The maximum Gasteiger partial charge on any atom is 0.233 e. The summed E-state index contributed by atoms with van der Waals surface area (Å²) in [5.41, 5.74) is 1.62.